The Morgan fingerprint density at radius 3 is 2.65 bits per heavy atom. The molecule has 2 aromatic heterocycles. The summed E-state index contributed by atoms with van der Waals surface area (Å²) in [5.41, 5.74) is -0.465. The lowest BCUT2D eigenvalue weighted by Gasteiger charge is -2.09. The summed E-state index contributed by atoms with van der Waals surface area (Å²) < 4.78 is 7.86. The third-order valence-electron chi connectivity index (χ3n) is 4.15. The maximum Gasteiger partial charge on any atom is 0.330 e. The highest BCUT2D eigenvalue weighted by Gasteiger charge is 2.14. The topological polar surface area (TPSA) is 99.0 Å². The average Bonchev–Trinajstić information content (AvgIpc) is 2.99. The first kappa shape index (κ1) is 19.9. The summed E-state index contributed by atoms with van der Waals surface area (Å²) in [6.45, 7) is 6.22. The van der Waals surface area contributed by atoms with E-state index in [1.54, 1.807) is 0 Å². The van der Waals surface area contributed by atoms with Crippen molar-refractivity contribution in [2.75, 3.05) is 0 Å². The van der Waals surface area contributed by atoms with Gasteiger partial charge in [-0.1, -0.05) is 46.5 Å². The van der Waals surface area contributed by atoms with E-state index in [-0.39, 0.29) is 29.8 Å². The van der Waals surface area contributed by atoms with E-state index in [2.05, 4.69) is 16.9 Å². The summed E-state index contributed by atoms with van der Waals surface area (Å²) in [5.74, 6) is -0.150. The summed E-state index contributed by atoms with van der Waals surface area (Å²) in [6, 6.07) is 0. The van der Waals surface area contributed by atoms with Crippen LogP contribution in [0.15, 0.2) is 15.9 Å². The van der Waals surface area contributed by atoms with E-state index in [1.807, 2.05) is 13.8 Å². The number of esters is 1. The van der Waals surface area contributed by atoms with Gasteiger partial charge < -0.3 is 4.74 Å². The van der Waals surface area contributed by atoms with Crippen molar-refractivity contribution < 1.29 is 9.53 Å². The first-order valence-electron chi connectivity index (χ1n) is 9.27. The van der Waals surface area contributed by atoms with Gasteiger partial charge in [-0.25, -0.2) is 9.78 Å². The van der Waals surface area contributed by atoms with E-state index in [1.165, 1.54) is 17.3 Å². The molecule has 144 valence electrons. The predicted octanol–water partition coefficient (Wildman–Crippen LogP) is 2.40. The monoisotopic (exact) mass is 364 g/mol. The van der Waals surface area contributed by atoms with E-state index in [4.69, 9.17) is 4.74 Å². The normalized spacial score (nSPS) is 11.4. The predicted molar refractivity (Wildman–Crippen MR) is 98.9 cm³/mol. The van der Waals surface area contributed by atoms with E-state index >= 15 is 0 Å². The number of carbonyl (C=O) groups excluding carboxylic acids is 1. The Balaban J connectivity index is 2.05. The van der Waals surface area contributed by atoms with Crippen LogP contribution in [0.25, 0.3) is 11.2 Å². The second-order valence-corrected chi connectivity index (χ2v) is 6.96. The number of imidazole rings is 1. The quantitative estimate of drug-likeness (QED) is 0.515. The highest BCUT2D eigenvalue weighted by Crippen LogP contribution is 2.08. The molecule has 0 atom stereocenters. The number of H-pyrrole nitrogens is 1. The summed E-state index contributed by atoms with van der Waals surface area (Å²) >= 11 is 0. The molecule has 0 aliphatic carbocycles. The molecule has 8 nitrogen and oxygen atoms in total. The molecule has 0 saturated carbocycles. The van der Waals surface area contributed by atoms with Gasteiger partial charge in [-0.2, -0.15) is 0 Å². The Labute approximate surface area is 152 Å². The number of hydrogen-bond acceptors (Lipinski definition) is 5. The fraction of sp³-hybridized carbons (Fsp3) is 0.667. The molecular formula is C18H28N4O4. The van der Waals surface area contributed by atoms with Gasteiger partial charge in [0.15, 0.2) is 17.9 Å². The number of aromatic nitrogens is 4. The molecule has 0 amide bonds. The molecule has 0 aliphatic rings. The highest BCUT2D eigenvalue weighted by atomic mass is 16.5. The first-order chi connectivity index (χ1) is 12.4. The Bertz CT molecular complexity index is 847. The van der Waals surface area contributed by atoms with Crippen LogP contribution in [-0.4, -0.2) is 25.1 Å². The van der Waals surface area contributed by atoms with Crippen molar-refractivity contribution >= 4 is 17.1 Å². The molecule has 26 heavy (non-hydrogen) atoms. The van der Waals surface area contributed by atoms with Gasteiger partial charge in [0.25, 0.3) is 5.56 Å². The van der Waals surface area contributed by atoms with Gasteiger partial charge in [0.2, 0.25) is 0 Å². The summed E-state index contributed by atoms with van der Waals surface area (Å²) in [5, 5.41) is 0. The molecule has 2 heterocycles. The summed E-state index contributed by atoms with van der Waals surface area (Å²) in [6.07, 6.45) is 7.04. The van der Waals surface area contributed by atoms with Crippen molar-refractivity contribution in [2.24, 2.45) is 5.92 Å². The number of hydrogen-bond donors (Lipinski definition) is 1. The van der Waals surface area contributed by atoms with Gasteiger partial charge in [0, 0.05) is 13.0 Å². The lowest BCUT2D eigenvalue weighted by Crippen LogP contribution is -2.37. The number of fused-ring (bicyclic) bond motifs is 1. The largest absolute Gasteiger partial charge is 0.444 e. The number of nitrogens with one attached hydrogen (secondary N) is 1. The van der Waals surface area contributed by atoms with Crippen LogP contribution in [-0.2, 0) is 22.8 Å². The maximum atomic E-state index is 12.6. The van der Waals surface area contributed by atoms with E-state index in [9.17, 15) is 14.4 Å². The van der Waals surface area contributed by atoms with Gasteiger partial charge in [-0.3, -0.25) is 23.7 Å². The molecular weight excluding hydrogens is 336 g/mol. The molecule has 0 unspecified atom stereocenters. The molecule has 0 spiro atoms. The number of ether oxygens (including phenoxy) is 1. The lowest BCUT2D eigenvalue weighted by molar-refractivity contribution is -0.147. The smallest absolute Gasteiger partial charge is 0.330 e. The van der Waals surface area contributed by atoms with Crippen molar-refractivity contribution in [2.45, 2.75) is 72.6 Å². The molecule has 0 saturated heterocycles. The van der Waals surface area contributed by atoms with Crippen molar-refractivity contribution in [1.82, 2.24) is 19.1 Å². The zero-order valence-corrected chi connectivity index (χ0v) is 15.8. The number of unbranched alkanes of at least 4 members (excludes halogenated alkanes) is 4. The van der Waals surface area contributed by atoms with Crippen LogP contribution in [0.3, 0.4) is 0 Å². The zero-order valence-electron chi connectivity index (χ0n) is 15.8. The van der Waals surface area contributed by atoms with Crippen molar-refractivity contribution in [3.8, 4) is 0 Å². The molecule has 8 heteroatoms. The van der Waals surface area contributed by atoms with Crippen LogP contribution in [0, 0.1) is 5.92 Å². The number of aromatic amines is 1. The molecule has 0 fully saturated rings. The van der Waals surface area contributed by atoms with E-state index < -0.39 is 11.2 Å². The molecule has 0 aliphatic heterocycles. The molecule has 0 bridgehead atoms. The second-order valence-electron chi connectivity index (χ2n) is 6.96. The van der Waals surface area contributed by atoms with Crippen molar-refractivity contribution in [3.05, 3.63) is 27.2 Å². The van der Waals surface area contributed by atoms with Crippen LogP contribution in [0.2, 0.25) is 0 Å². The second kappa shape index (κ2) is 9.35. The summed E-state index contributed by atoms with van der Waals surface area (Å²) in [4.78, 5) is 43.2. The molecule has 0 aromatic carbocycles. The van der Waals surface area contributed by atoms with Gasteiger partial charge in [0.1, 0.15) is 6.33 Å². The van der Waals surface area contributed by atoms with Crippen LogP contribution in [0.1, 0.15) is 59.3 Å². The van der Waals surface area contributed by atoms with Gasteiger partial charge in [0.05, 0.1) is 0 Å². The third-order valence-corrected chi connectivity index (χ3v) is 4.15. The maximum absolute atomic E-state index is 12.6. The minimum Gasteiger partial charge on any atom is -0.444 e. The minimum atomic E-state index is -0.481. The molecule has 1 N–H and O–H groups in total. The Hall–Kier alpha value is -2.38. The minimum absolute atomic E-state index is 0.0900. The van der Waals surface area contributed by atoms with Crippen LogP contribution < -0.4 is 11.2 Å². The van der Waals surface area contributed by atoms with E-state index in [0.29, 0.717) is 13.0 Å². The highest BCUT2D eigenvalue weighted by molar-refractivity contribution is 5.70. The average molecular weight is 364 g/mol. The lowest BCUT2D eigenvalue weighted by atomic mass is 10.1. The number of carbonyl (C=O) groups is 1. The summed E-state index contributed by atoms with van der Waals surface area (Å²) in [7, 11) is 0. The fourth-order valence-electron chi connectivity index (χ4n) is 2.80. The molecule has 2 rings (SSSR count). The van der Waals surface area contributed by atoms with Gasteiger partial charge in [-0.05, 0) is 12.3 Å². The van der Waals surface area contributed by atoms with Gasteiger partial charge in [-0.15, -0.1) is 0 Å². The molecule has 0 radical (unpaired) electrons. The standard InChI is InChI=1S/C18H28N4O4/c1-4-5-6-7-8-9-14(23)26-12-21-11-19-16-15(21)17(24)22(10-13(2)3)18(25)20-16/h11,13H,4-10,12H2,1-3H3,(H,20,25). The van der Waals surface area contributed by atoms with Crippen molar-refractivity contribution in [3.63, 3.8) is 0 Å². The van der Waals surface area contributed by atoms with Crippen LogP contribution >= 0.6 is 0 Å². The van der Waals surface area contributed by atoms with Crippen molar-refractivity contribution in [1.29, 1.82) is 0 Å². The van der Waals surface area contributed by atoms with Crippen LogP contribution in [0.5, 0.6) is 0 Å². The zero-order chi connectivity index (χ0) is 19.1. The third kappa shape index (κ3) is 5.06. The first-order valence-corrected chi connectivity index (χ1v) is 9.27. The Morgan fingerprint density at radius 1 is 1.23 bits per heavy atom. The molecule has 2 aromatic rings. The SMILES string of the molecule is CCCCCCCC(=O)OCn1cnc2[nH]c(=O)n(CC(C)C)c(=O)c21. The number of rotatable bonds is 10. The Kier molecular flexibility index (Phi) is 7.17. The van der Waals surface area contributed by atoms with Gasteiger partial charge >= 0.3 is 11.7 Å². The Morgan fingerprint density at radius 2 is 1.96 bits per heavy atom. The number of nitrogens with zero attached hydrogens (tertiary/aromatic N) is 3. The van der Waals surface area contributed by atoms with Crippen LogP contribution in [0.4, 0.5) is 0 Å². The van der Waals surface area contributed by atoms with E-state index in [0.717, 1.165) is 30.3 Å². The fourth-order valence-corrected chi connectivity index (χ4v) is 2.80.